The van der Waals surface area contributed by atoms with Gasteiger partial charge in [-0.2, -0.15) is 0 Å². The first-order valence-electron chi connectivity index (χ1n) is 9.48. The quantitative estimate of drug-likeness (QED) is 0.421. The van der Waals surface area contributed by atoms with Crippen molar-refractivity contribution in [3.63, 3.8) is 0 Å². The molecule has 3 aromatic carbocycles. The maximum atomic E-state index is 12.7. The molecular weight excluding hydrogens is 396 g/mol. The molecule has 2 N–H and O–H groups in total. The molecule has 0 bridgehead atoms. The molecule has 0 aliphatic heterocycles. The van der Waals surface area contributed by atoms with Gasteiger partial charge in [0.05, 0.1) is 23.7 Å². The van der Waals surface area contributed by atoms with Crippen molar-refractivity contribution in [1.29, 1.82) is 0 Å². The highest BCUT2D eigenvalue weighted by Gasteiger charge is 2.12. The highest BCUT2D eigenvalue weighted by atomic mass is 32.1. The van der Waals surface area contributed by atoms with Gasteiger partial charge in [-0.1, -0.05) is 24.3 Å². The Morgan fingerprint density at radius 2 is 1.93 bits per heavy atom. The van der Waals surface area contributed by atoms with E-state index in [1.807, 2.05) is 71.1 Å². The van der Waals surface area contributed by atoms with Gasteiger partial charge in [0.1, 0.15) is 11.4 Å². The number of hydrogen-bond donors (Lipinski definition) is 2. The first-order chi connectivity index (χ1) is 14.6. The Morgan fingerprint density at radius 1 is 1.13 bits per heavy atom. The fraction of sp³-hybridized carbons (Fsp3) is 0.0870. The zero-order valence-corrected chi connectivity index (χ0v) is 17.0. The van der Waals surface area contributed by atoms with Crippen LogP contribution in [0.5, 0.6) is 5.75 Å². The molecule has 7 heteroatoms. The van der Waals surface area contributed by atoms with Crippen molar-refractivity contribution in [2.24, 2.45) is 0 Å². The molecule has 0 aliphatic rings. The molecule has 148 valence electrons. The Morgan fingerprint density at radius 3 is 2.73 bits per heavy atom. The van der Waals surface area contributed by atoms with Gasteiger partial charge < -0.3 is 15.0 Å². The second-order valence-corrected chi connectivity index (χ2v) is 7.37. The molecule has 0 unspecified atom stereocenters. The number of fused-ring (bicyclic) bond motifs is 5. The van der Waals surface area contributed by atoms with Crippen LogP contribution < -0.4 is 10.1 Å². The number of aromatic amines is 1. The van der Waals surface area contributed by atoms with Crippen molar-refractivity contribution in [3.8, 4) is 5.75 Å². The van der Waals surface area contributed by atoms with Gasteiger partial charge in [0.25, 0.3) is 5.91 Å². The number of aromatic nitrogens is 3. The Bertz CT molecular complexity index is 1470. The maximum Gasteiger partial charge on any atom is 0.251 e. The summed E-state index contributed by atoms with van der Waals surface area (Å²) < 4.78 is 7.63. The van der Waals surface area contributed by atoms with Gasteiger partial charge in [0.2, 0.25) is 0 Å². The van der Waals surface area contributed by atoms with Gasteiger partial charge in [-0.25, -0.2) is 4.98 Å². The van der Waals surface area contributed by atoms with E-state index in [1.54, 1.807) is 7.11 Å². The molecule has 2 aromatic heterocycles. The maximum absolute atomic E-state index is 12.7. The second kappa shape index (κ2) is 7.27. The minimum Gasteiger partial charge on any atom is -0.497 e. The lowest BCUT2D eigenvalue weighted by Crippen LogP contribution is -2.22. The van der Waals surface area contributed by atoms with E-state index in [1.165, 1.54) is 0 Å². The molecule has 5 rings (SSSR count). The van der Waals surface area contributed by atoms with E-state index in [4.69, 9.17) is 21.9 Å². The molecular formula is C23H18N4O2S. The van der Waals surface area contributed by atoms with Gasteiger partial charge in [-0.3, -0.25) is 9.20 Å². The van der Waals surface area contributed by atoms with Gasteiger partial charge in [0.15, 0.2) is 4.77 Å². The van der Waals surface area contributed by atoms with Crippen molar-refractivity contribution in [3.05, 3.63) is 82.6 Å². The van der Waals surface area contributed by atoms with E-state index in [-0.39, 0.29) is 5.91 Å². The van der Waals surface area contributed by atoms with Crippen LogP contribution in [-0.2, 0) is 6.54 Å². The van der Waals surface area contributed by atoms with Crippen LogP contribution in [0.2, 0.25) is 0 Å². The zero-order chi connectivity index (χ0) is 20.7. The number of amides is 1. The summed E-state index contributed by atoms with van der Waals surface area (Å²) in [6, 6.07) is 21.0. The average Bonchev–Trinajstić information content (AvgIpc) is 3.18. The van der Waals surface area contributed by atoms with Gasteiger partial charge >= 0.3 is 0 Å². The number of benzene rings is 3. The standard InChI is InChI=1S/C23H18N4O2S/c1-29-16-9-6-14(7-10-16)13-24-22(28)15-8-11-17-19(12-15)26-23(30)27-20-5-3-2-4-18(20)25-21(17)27/h2-12H,13H2,1H3,(H,24,28)(H,26,30). The van der Waals surface area contributed by atoms with Crippen LogP contribution in [-0.4, -0.2) is 27.4 Å². The minimum absolute atomic E-state index is 0.152. The summed E-state index contributed by atoms with van der Waals surface area (Å²) >= 11 is 5.56. The highest BCUT2D eigenvalue weighted by molar-refractivity contribution is 7.71. The lowest BCUT2D eigenvalue weighted by molar-refractivity contribution is 0.0951. The fourth-order valence-corrected chi connectivity index (χ4v) is 3.89. The molecule has 5 aromatic rings. The van der Waals surface area contributed by atoms with Crippen LogP contribution in [0, 0.1) is 4.77 Å². The first kappa shape index (κ1) is 18.3. The lowest BCUT2D eigenvalue weighted by atomic mass is 10.1. The van der Waals surface area contributed by atoms with Crippen molar-refractivity contribution in [2.75, 3.05) is 7.11 Å². The molecule has 30 heavy (non-hydrogen) atoms. The number of imidazole rings is 1. The molecule has 0 atom stereocenters. The average molecular weight is 414 g/mol. The minimum atomic E-state index is -0.152. The van der Waals surface area contributed by atoms with E-state index in [0.717, 1.165) is 38.9 Å². The Kier molecular flexibility index (Phi) is 4.44. The van der Waals surface area contributed by atoms with Crippen LogP contribution in [0.4, 0.5) is 0 Å². The molecule has 0 saturated heterocycles. The van der Waals surface area contributed by atoms with E-state index in [2.05, 4.69) is 10.3 Å². The summed E-state index contributed by atoms with van der Waals surface area (Å²) in [6.45, 7) is 0.432. The molecule has 0 spiro atoms. The van der Waals surface area contributed by atoms with E-state index in [9.17, 15) is 4.79 Å². The van der Waals surface area contributed by atoms with Gasteiger partial charge in [0, 0.05) is 17.5 Å². The summed E-state index contributed by atoms with van der Waals surface area (Å²) in [4.78, 5) is 20.6. The largest absolute Gasteiger partial charge is 0.497 e. The predicted octanol–water partition coefficient (Wildman–Crippen LogP) is 4.64. The number of ether oxygens (including phenoxy) is 1. The van der Waals surface area contributed by atoms with Crippen molar-refractivity contribution < 1.29 is 9.53 Å². The van der Waals surface area contributed by atoms with Crippen LogP contribution in [0.1, 0.15) is 15.9 Å². The van der Waals surface area contributed by atoms with E-state index in [0.29, 0.717) is 16.9 Å². The molecule has 1 amide bonds. The van der Waals surface area contributed by atoms with Crippen LogP contribution in [0.25, 0.3) is 27.6 Å². The third-order valence-electron chi connectivity index (χ3n) is 5.14. The summed E-state index contributed by atoms with van der Waals surface area (Å²) in [7, 11) is 1.63. The third kappa shape index (κ3) is 3.09. The molecule has 6 nitrogen and oxygen atoms in total. The number of nitrogens with one attached hydrogen (secondary N) is 2. The van der Waals surface area contributed by atoms with Crippen LogP contribution in [0.15, 0.2) is 66.7 Å². The monoisotopic (exact) mass is 414 g/mol. The molecule has 0 saturated carbocycles. The number of carbonyl (C=O) groups excluding carboxylic acids is 1. The number of H-pyrrole nitrogens is 1. The number of para-hydroxylation sites is 2. The first-order valence-corrected chi connectivity index (χ1v) is 9.89. The fourth-order valence-electron chi connectivity index (χ4n) is 3.60. The Balaban J connectivity index is 1.48. The highest BCUT2D eigenvalue weighted by Crippen LogP contribution is 2.24. The number of methoxy groups -OCH3 is 1. The van der Waals surface area contributed by atoms with E-state index >= 15 is 0 Å². The second-order valence-electron chi connectivity index (χ2n) is 6.98. The van der Waals surface area contributed by atoms with Crippen molar-refractivity contribution in [2.45, 2.75) is 6.54 Å². The van der Waals surface area contributed by atoms with Gasteiger partial charge in [-0.15, -0.1) is 0 Å². The van der Waals surface area contributed by atoms with Crippen molar-refractivity contribution >= 4 is 45.7 Å². The van der Waals surface area contributed by atoms with Crippen LogP contribution >= 0.6 is 12.2 Å². The van der Waals surface area contributed by atoms with E-state index < -0.39 is 0 Å². The summed E-state index contributed by atoms with van der Waals surface area (Å²) in [5.41, 5.74) is 4.94. The van der Waals surface area contributed by atoms with Crippen molar-refractivity contribution in [1.82, 2.24) is 19.7 Å². The topological polar surface area (TPSA) is 71.4 Å². The predicted molar refractivity (Wildman–Crippen MR) is 120 cm³/mol. The lowest BCUT2D eigenvalue weighted by Gasteiger charge is -2.08. The van der Waals surface area contributed by atoms with Gasteiger partial charge in [-0.05, 0) is 60.2 Å². The smallest absolute Gasteiger partial charge is 0.251 e. The zero-order valence-electron chi connectivity index (χ0n) is 16.2. The number of hydrogen-bond acceptors (Lipinski definition) is 4. The number of rotatable bonds is 4. The van der Waals surface area contributed by atoms with Crippen LogP contribution in [0.3, 0.4) is 0 Å². The summed E-state index contributed by atoms with van der Waals surface area (Å²) in [6.07, 6.45) is 0. The molecule has 2 heterocycles. The normalized spacial score (nSPS) is 11.2. The summed E-state index contributed by atoms with van der Waals surface area (Å²) in [5, 5.41) is 3.86. The Labute approximate surface area is 177 Å². The molecule has 0 aliphatic carbocycles. The number of nitrogens with zero attached hydrogens (tertiary/aromatic N) is 2. The number of carbonyl (C=O) groups is 1. The summed E-state index contributed by atoms with van der Waals surface area (Å²) in [5.74, 6) is 0.633. The molecule has 0 fully saturated rings. The molecule has 0 radical (unpaired) electrons. The third-order valence-corrected chi connectivity index (χ3v) is 5.42. The Hall–Kier alpha value is -3.71. The SMILES string of the molecule is COc1ccc(CNC(=O)c2ccc3c(c2)[nH]c(=S)n2c4ccccc4nc32)cc1.